The number of benzene rings is 1. The second kappa shape index (κ2) is 5.77. The van der Waals surface area contributed by atoms with Gasteiger partial charge in [0.2, 0.25) is 5.91 Å². The lowest BCUT2D eigenvalue weighted by atomic mass is 9.92. The number of fused-ring (bicyclic) bond motifs is 1. The lowest BCUT2D eigenvalue weighted by molar-refractivity contribution is -0.144. The molecule has 1 aliphatic heterocycles. The Hall–Kier alpha value is -1.65. The normalized spacial score (nSPS) is 19.0. The van der Waals surface area contributed by atoms with Crippen LogP contribution in [0.1, 0.15) is 19.4 Å². The first-order valence-electron chi connectivity index (χ1n) is 6.66. The van der Waals surface area contributed by atoms with Gasteiger partial charge in [0.15, 0.2) is 0 Å². The summed E-state index contributed by atoms with van der Waals surface area (Å²) >= 11 is 0. The fraction of sp³-hybridized carbons (Fsp3) is 0.533. The minimum Gasteiger partial charge on any atom is -0.489 e. The molecule has 0 saturated heterocycles. The van der Waals surface area contributed by atoms with Crippen LogP contribution in [0.2, 0.25) is 0 Å². The van der Waals surface area contributed by atoms with Crippen LogP contribution < -0.4 is 4.74 Å². The number of carbonyl (C=O) groups excluding carboxylic acids is 1. The van der Waals surface area contributed by atoms with Gasteiger partial charge in [-0.2, -0.15) is 0 Å². The highest BCUT2D eigenvalue weighted by Crippen LogP contribution is 2.28. The van der Waals surface area contributed by atoms with Crippen LogP contribution in [0.5, 0.6) is 5.75 Å². The second-order valence-electron chi connectivity index (χ2n) is 5.55. The van der Waals surface area contributed by atoms with Crippen LogP contribution in [0.25, 0.3) is 0 Å². The summed E-state index contributed by atoms with van der Waals surface area (Å²) in [5.74, 6) is 0.215. The van der Waals surface area contributed by atoms with Gasteiger partial charge in [-0.1, -0.05) is 18.2 Å². The number of carbonyl (C=O) groups is 1. The maximum absolute atomic E-state index is 13.0. The van der Waals surface area contributed by atoms with Gasteiger partial charge in [0.25, 0.3) is 0 Å². The molecule has 0 radical (unpaired) electrons. The number of halogens is 2. The van der Waals surface area contributed by atoms with Gasteiger partial charge in [-0.05, 0) is 19.9 Å². The largest absolute Gasteiger partial charge is 0.489 e. The first-order valence-corrected chi connectivity index (χ1v) is 6.66. The Labute approximate surface area is 117 Å². The van der Waals surface area contributed by atoms with E-state index in [0.717, 1.165) is 11.3 Å². The summed E-state index contributed by atoms with van der Waals surface area (Å²) in [5, 5.41) is 0. The monoisotopic (exact) mass is 283 g/mol. The van der Waals surface area contributed by atoms with Gasteiger partial charge in [0.05, 0.1) is 6.54 Å². The summed E-state index contributed by atoms with van der Waals surface area (Å²) in [6.45, 7) is 1.78. The van der Waals surface area contributed by atoms with Crippen molar-refractivity contribution in [2.75, 3.05) is 19.9 Å². The number of nitrogens with zero attached hydrogens (tertiary/aromatic N) is 1. The summed E-state index contributed by atoms with van der Waals surface area (Å²) in [6.07, 6.45) is -0.217. The van der Waals surface area contributed by atoms with Crippen LogP contribution in [0, 0.1) is 5.41 Å². The first kappa shape index (κ1) is 14.8. The summed E-state index contributed by atoms with van der Waals surface area (Å²) < 4.78 is 31.8. The average Bonchev–Trinajstić information content (AvgIpc) is 2.63. The molecular weight excluding hydrogens is 264 g/mol. The van der Waals surface area contributed by atoms with E-state index in [1.165, 1.54) is 11.8 Å². The van der Waals surface area contributed by atoms with Gasteiger partial charge in [-0.15, -0.1) is 0 Å². The number of para-hydroxylation sites is 1. The van der Waals surface area contributed by atoms with Crippen LogP contribution in [0.15, 0.2) is 24.3 Å². The summed E-state index contributed by atoms with van der Waals surface area (Å²) in [5.41, 5.74) is -0.746. The molecule has 3 nitrogen and oxygen atoms in total. The Morgan fingerprint density at radius 1 is 1.40 bits per heavy atom. The van der Waals surface area contributed by atoms with Crippen molar-refractivity contribution < 1.29 is 18.3 Å². The van der Waals surface area contributed by atoms with E-state index in [1.807, 2.05) is 31.2 Å². The highest BCUT2D eigenvalue weighted by atomic mass is 19.1. The maximum Gasteiger partial charge on any atom is 0.234 e. The average molecular weight is 283 g/mol. The molecule has 0 aromatic heterocycles. The molecule has 1 aromatic carbocycles. The number of rotatable bonds is 3. The Bertz CT molecular complexity index is 489. The van der Waals surface area contributed by atoms with Gasteiger partial charge in [0.1, 0.15) is 30.6 Å². The van der Waals surface area contributed by atoms with Crippen LogP contribution in [-0.4, -0.2) is 36.8 Å². The SMILES string of the molecule is C[C@H]1CN(C(=O)C(C)(CF)CF)Cc2ccccc2O1. The highest BCUT2D eigenvalue weighted by Gasteiger charge is 2.38. The summed E-state index contributed by atoms with van der Waals surface area (Å²) in [7, 11) is 0. The molecule has 110 valence electrons. The third kappa shape index (κ3) is 2.76. The maximum atomic E-state index is 13.0. The third-order valence-corrected chi connectivity index (χ3v) is 3.53. The van der Waals surface area contributed by atoms with E-state index in [-0.39, 0.29) is 6.10 Å². The van der Waals surface area contributed by atoms with Crippen LogP contribution >= 0.6 is 0 Å². The van der Waals surface area contributed by atoms with Crippen molar-refractivity contribution in [3.8, 4) is 5.75 Å². The topological polar surface area (TPSA) is 29.5 Å². The van der Waals surface area contributed by atoms with Gasteiger partial charge < -0.3 is 9.64 Å². The van der Waals surface area contributed by atoms with E-state index >= 15 is 0 Å². The molecule has 1 heterocycles. The fourth-order valence-corrected chi connectivity index (χ4v) is 2.27. The second-order valence-corrected chi connectivity index (χ2v) is 5.55. The summed E-state index contributed by atoms with van der Waals surface area (Å²) in [4.78, 5) is 13.9. The van der Waals surface area contributed by atoms with Crippen LogP contribution in [0.3, 0.4) is 0 Å². The lowest BCUT2D eigenvalue weighted by Gasteiger charge is -2.30. The van der Waals surface area contributed by atoms with Gasteiger partial charge in [0, 0.05) is 12.1 Å². The summed E-state index contributed by atoms with van der Waals surface area (Å²) in [6, 6.07) is 7.40. The van der Waals surface area contributed by atoms with Gasteiger partial charge >= 0.3 is 0 Å². The molecule has 0 aliphatic carbocycles. The molecule has 1 aromatic rings. The number of hydrogen-bond acceptors (Lipinski definition) is 2. The van der Waals surface area contributed by atoms with Crippen LogP contribution in [0.4, 0.5) is 8.78 Å². The van der Waals surface area contributed by atoms with E-state index in [1.54, 1.807) is 0 Å². The molecule has 1 aliphatic rings. The number of hydrogen-bond donors (Lipinski definition) is 0. The molecule has 0 saturated carbocycles. The minimum absolute atomic E-state index is 0.217. The molecule has 0 fully saturated rings. The van der Waals surface area contributed by atoms with Gasteiger partial charge in [-0.3, -0.25) is 4.79 Å². The molecule has 0 spiro atoms. The molecular formula is C15H19F2NO2. The van der Waals surface area contributed by atoms with E-state index in [2.05, 4.69) is 0 Å². The quantitative estimate of drug-likeness (QED) is 0.853. The molecule has 1 atom stereocenters. The number of amides is 1. The predicted octanol–water partition coefficient (Wildman–Crippen LogP) is 2.74. The first-order chi connectivity index (χ1) is 9.50. The highest BCUT2D eigenvalue weighted by molar-refractivity contribution is 5.83. The Kier molecular flexibility index (Phi) is 4.26. The van der Waals surface area contributed by atoms with Crippen molar-refractivity contribution in [2.24, 2.45) is 5.41 Å². The van der Waals surface area contributed by atoms with E-state index < -0.39 is 24.7 Å². The Balaban J connectivity index is 2.27. The Morgan fingerprint density at radius 2 is 2.05 bits per heavy atom. The van der Waals surface area contributed by atoms with Crippen molar-refractivity contribution >= 4 is 5.91 Å². The molecule has 5 heteroatoms. The molecule has 20 heavy (non-hydrogen) atoms. The van der Waals surface area contributed by atoms with E-state index in [4.69, 9.17) is 4.74 Å². The molecule has 0 unspecified atom stereocenters. The molecule has 0 N–H and O–H groups in total. The molecule has 2 rings (SSSR count). The lowest BCUT2D eigenvalue weighted by Crippen LogP contribution is -2.46. The zero-order chi connectivity index (χ0) is 14.8. The fourth-order valence-electron chi connectivity index (χ4n) is 2.27. The van der Waals surface area contributed by atoms with E-state index in [9.17, 15) is 13.6 Å². The van der Waals surface area contributed by atoms with Crippen molar-refractivity contribution in [1.29, 1.82) is 0 Å². The molecule has 0 bridgehead atoms. The van der Waals surface area contributed by atoms with Crippen molar-refractivity contribution in [2.45, 2.75) is 26.5 Å². The van der Waals surface area contributed by atoms with Crippen molar-refractivity contribution in [1.82, 2.24) is 4.90 Å². The van der Waals surface area contributed by atoms with Crippen molar-refractivity contribution in [3.05, 3.63) is 29.8 Å². The zero-order valence-corrected chi connectivity index (χ0v) is 11.7. The predicted molar refractivity (Wildman–Crippen MR) is 72.0 cm³/mol. The zero-order valence-electron chi connectivity index (χ0n) is 11.7. The molecule has 1 amide bonds. The number of alkyl halides is 2. The Morgan fingerprint density at radius 3 is 2.70 bits per heavy atom. The van der Waals surface area contributed by atoms with Crippen LogP contribution in [-0.2, 0) is 11.3 Å². The smallest absolute Gasteiger partial charge is 0.234 e. The van der Waals surface area contributed by atoms with Gasteiger partial charge in [-0.25, -0.2) is 8.78 Å². The standard InChI is InChI=1S/C15H19F2NO2/c1-11-7-18(14(19)15(2,9-16)10-17)8-12-5-3-4-6-13(12)20-11/h3-6,11H,7-10H2,1-2H3/t11-/m0/s1. The van der Waals surface area contributed by atoms with Crippen molar-refractivity contribution in [3.63, 3.8) is 0 Å². The minimum atomic E-state index is -1.60. The van der Waals surface area contributed by atoms with E-state index in [0.29, 0.717) is 13.1 Å². The third-order valence-electron chi connectivity index (χ3n) is 3.53. The number of ether oxygens (including phenoxy) is 1.